The summed E-state index contributed by atoms with van der Waals surface area (Å²) in [5, 5.41) is 22.7. The van der Waals surface area contributed by atoms with Gasteiger partial charge < -0.3 is 10.4 Å². The van der Waals surface area contributed by atoms with Crippen molar-refractivity contribution in [2.45, 2.75) is 20.4 Å². The van der Waals surface area contributed by atoms with Crippen molar-refractivity contribution in [3.05, 3.63) is 82.1 Å². The molecule has 32 heavy (non-hydrogen) atoms. The van der Waals surface area contributed by atoms with Gasteiger partial charge in [-0.2, -0.15) is 14.9 Å². The maximum atomic E-state index is 12.7. The third kappa shape index (κ3) is 3.50. The molecule has 3 heterocycles. The first-order chi connectivity index (χ1) is 15.5. The van der Waals surface area contributed by atoms with E-state index in [0.717, 1.165) is 39.5 Å². The monoisotopic (exact) mass is 427 g/mol. The number of aliphatic hydroxyl groups is 1. The van der Waals surface area contributed by atoms with Crippen molar-refractivity contribution < 1.29 is 5.11 Å². The van der Waals surface area contributed by atoms with Crippen molar-refractivity contribution in [1.82, 2.24) is 19.6 Å². The highest BCUT2D eigenvalue weighted by Gasteiger charge is 2.27. The van der Waals surface area contributed by atoms with E-state index in [4.69, 9.17) is 10.2 Å². The summed E-state index contributed by atoms with van der Waals surface area (Å²) >= 11 is 0. The topological polar surface area (TPSA) is 85.0 Å². The lowest BCUT2D eigenvalue weighted by atomic mass is 10.0. The van der Waals surface area contributed by atoms with Gasteiger partial charge in [-0.1, -0.05) is 42.0 Å². The van der Waals surface area contributed by atoms with Crippen LogP contribution in [0.2, 0.25) is 0 Å². The lowest BCUT2D eigenvalue weighted by Crippen LogP contribution is -2.30. The van der Waals surface area contributed by atoms with Crippen LogP contribution in [-0.2, 0) is 6.54 Å². The number of aliphatic hydroxyl groups excluding tert-OH is 1. The number of aromatic nitrogens is 4. The Bertz CT molecular complexity index is 1350. The Morgan fingerprint density at radius 2 is 1.91 bits per heavy atom. The van der Waals surface area contributed by atoms with Crippen LogP contribution >= 0.6 is 0 Å². The second-order valence-corrected chi connectivity index (χ2v) is 8.31. The number of benzene rings is 2. The Hall–Kier alpha value is -3.71. The fraction of sp³-hybridized carbons (Fsp3) is 0.240. The minimum absolute atomic E-state index is 0.0921. The number of fused-ring (bicyclic) bond motifs is 1. The number of hydrogen-bond acceptors (Lipinski definition) is 5. The predicted molar refractivity (Wildman–Crippen MR) is 125 cm³/mol. The third-order valence-electron chi connectivity index (χ3n) is 5.89. The zero-order valence-electron chi connectivity index (χ0n) is 18.1. The minimum atomic E-state index is -0.186. The maximum Gasteiger partial charge on any atom is 0.271 e. The quantitative estimate of drug-likeness (QED) is 0.521. The molecule has 1 aliphatic heterocycles. The van der Waals surface area contributed by atoms with Gasteiger partial charge in [-0.3, -0.25) is 4.79 Å². The van der Waals surface area contributed by atoms with Crippen molar-refractivity contribution in [2.75, 3.05) is 18.5 Å². The summed E-state index contributed by atoms with van der Waals surface area (Å²) in [5.41, 5.74) is 5.99. The maximum absolute atomic E-state index is 12.7. The third-order valence-corrected chi connectivity index (χ3v) is 5.89. The molecular formula is C25H25N5O2. The number of nitrogens with zero attached hydrogens (tertiary/aromatic N) is 4. The van der Waals surface area contributed by atoms with Gasteiger partial charge in [0.1, 0.15) is 11.5 Å². The molecule has 7 nitrogen and oxygen atoms in total. The first-order valence-electron chi connectivity index (χ1n) is 10.7. The molecule has 0 aliphatic carbocycles. The zero-order valence-corrected chi connectivity index (χ0v) is 18.1. The van der Waals surface area contributed by atoms with E-state index in [0.29, 0.717) is 18.8 Å². The van der Waals surface area contributed by atoms with Gasteiger partial charge in [0, 0.05) is 37.2 Å². The number of para-hydroxylation sites is 1. The van der Waals surface area contributed by atoms with Gasteiger partial charge >= 0.3 is 0 Å². The van der Waals surface area contributed by atoms with E-state index in [-0.39, 0.29) is 18.1 Å². The lowest BCUT2D eigenvalue weighted by Gasteiger charge is -2.24. The molecule has 162 valence electrons. The molecule has 2 aromatic carbocycles. The van der Waals surface area contributed by atoms with Crippen LogP contribution < -0.4 is 10.9 Å². The highest BCUT2D eigenvalue weighted by molar-refractivity contribution is 5.87. The SMILES string of the molecule is Cc1cccc(-c2nn3c(c2-c2ccc(=O)n(-c4ccccc4C)n2)NCC(CO)C3)c1. The molecular weight excluding hydrogens is 402 g/mol. The summed E-state index contributed by atoms with van der Waals surface area (Å²) < 4.78 is 3.36. The second-order valence-electron chi connectivity index (χ2n) is 8.31. The van der Waals surface area contributed by atoms with Gasteiger partial charge in [-0.25, -0.2) is 4.68 Å². The Morgan fingerprint density at radius 3 is 2.69 bits per heavy atom. The van der Waals surface area contributed by atoms with Crippen LogP contribution in [0.3, 0.4) is 0 Å². The highest BCUT2D eigenvalue weighted by atomic mass is 16.3. The predicted octanol–water partition coefficient (Wildman–Crippen LogP) is 3.41. The molecule has 7 heteroatoms. The Morgan fingerprint density at radius 1 is 1.06 bits per heavy atom. The van der Waals surface area contributed by atoms with Crippen LogP contribution in [0, 0.1) is 19.8 Å². The molecule has 5 rings (SSSR count). The summed E-state index contributed by atoms with van der Waals surface area (Å²) in [4.78, 5) is 12.7. The van der Waals surface area contributed by atoms with Gasteiger partial charge in [-0.15, -0.1) is 0 Å². The average Bonchev–Trinajstić information content (AvgIpc) is 3.19. The highest BCUT2D eigenvalue weighted by Crippen LogP contribution is 2.38. The Kier molecular flexibility index (Phi) is 5.11. The summed E-state index contributed by atoms with van der Waals surface area (Å²) in [6.45, 7) is 5.38. The number of anilines is 1. The van der Waals surface area contributed by atoms with Crippen molar-refractivity contribution >= 4 is 5.82 Å². The lowest BCUT2D eigenvalue weighted by molar-refractivity contribution is 0.209. The van der Waals surface area contributed by atoms with E-state index < -0.39 is 0 Å². The smallest absolute Gasteiger partial charge is 0.271 e. The van der Waals surface area contributed by atoms with Crippen molar-refractivity contribution in [1.29, 1.82) is 0 Å². The standard InChI is InChI=1S/C25H25N5O2/c1-16-6-5-8-19(12-16)24-23(25-26-13-18(15-31)14-29(25)28-24)20-10-11-22(32)30(27-20)21-9-4-3-7-17(21)2/h3-12,18,26,31H,13-15H2,1-2H3. The van der Waals surface area contributed by atoms with Gasteiger partial charge in [-0.05, 0) is 37.6 Å². The van der Waals surface area contributed by atoms with Crippen molar-refractivity contribution in [2.24, 2.45) is 5.92 Å². The second kappa shape index (κ2) is 8.09. The summed E-state index contributed by atoms with van der Waals surface area (Å²) in [6.07, 6.45) is 0. The molecule has 1 unspecified atom stereocenters. The summed E-state index contributed by atoms with van der Waals surface area (Å²) in [5.74, 6) is 0.947. The minimum Gasteiger partial charge on any atom is -0.396 e. The van der Waals surface area contributed by atoms with Gasteiger partial charge in [0.05, 0.1) is 16.9 Å². The van der Waals surface area contributed by atoms with E-state index in [1.54, 1.807) is 12.1 Å². The molecule has 1 aliphatic rings. The molecule has 4 aromatic rings. The number of rotatable bonds is 4. The van der Waals surface area contributed by atoms with Gasteiger partial charge in [0.25, 0.3) is 5.56 Å². The normalized spacial score (nSPS) is 15.3. The van der Waals surface area contributed by atoms with E-state index in [2.05, 4.69) is 24.4 Å². The fourth-order valence-corrected chi connectivity index (χ4v) is 4.20. The van der Waals surface area contributed by atoms with E-state index in [9.17, 15) is 9.90 Å². The number of aryl methyl sites for hydroxylation is 2. The first kappa shape index (κ1) is 20.2. The summed E-state index contributed by atoms with van der Waals surface area (Å²) in [7, 11) is 0. The fourth-order valence-electron chi connectivity index (χ4n) is 4.20. The zero-order chi connectivity index (χ0) is 22.2. The van der Waals surface area contributed by atoms with Crippen LogP contribution in [-0.4, -0.2) is 37.8 Å². The molecule has 0 fully saturated rings. The van der Waals surface area contributed by atoms with Crippen LogP contribution in [0.25, 0.3) is 28.2 Å². The Labute approximate surface area is 186 Å². The molecule has 0 radical (unpaired) electrons. The number of hydrogen-bond donors (Lipinski definition) is 2. The molecule has 0 saturated heterocycles. The van der Waals surface area contributed by atoms with Crippen LogP contribution in [0.4, 0.5) is 5.82 Å². The van der Waals surface area contributed by atoms with Gasteiger partial charge in [0.2, 0.25) is 0 Å². The molecule has 0 amide bonds. The largest absolute Gasteiger partial charge is 0.396 e. The molecule has 0 bridgehead atoms. The van der Waals surface area contributed by atoms with Crippen LogP contribution in [0.15, 0.2) is 65.5 Å². The summed E-state index contributed by atoms with van der Waals surface area (Å²) in [6, 6.07) is 19.2. The van der Waals surface area contributed by atoms with Crippen molar-refractivity contribution in [3.63, 3.8) is 0 Å². The van der Waals surface area contributed by atoms with Crippen LogP contribution in [0.5, 0.6) is 0 Å². The van der Waals surface area contributed by atoms with Gasteiger partial charge in [0.15, 0.2) is 0 Å². The first-order valence-corrected chi connectivity index (χ1v) is 10.7. The average molecular weight is 428 g/mol. The molecule has 2 aromatic heterocycles. The van der Waals surface area contributed by atoms with Crippen LogP contribution in [0.1, 0.15) is 11.1 Å². The van der Waals surface area contributed by atoms with E-state index in [1.807, 2.05) is 48.0 Å². The van der Waals surface area contributed by atoms with E-state index >= 15 is 0 Å². The molecule has 0 spiro atoms. The number of nitrogens with one attached hydrogen (secondary N) is 1. The van der Waals surface area contributed by atoms with E-state index in [1.165, 1.54) is 4.68 Å². The Balaban J connectivity index is 1.73. The molecule has 1 atom stereocenters. The van der Waals surface area contributed by atoms with Crippen molar-refractivity contribution in [3.8, 4) is 28.2 Å². The molecule has 2 N–H and O–H groups in total. The molecule has 0 saturated carbocycles.